The summed E-state index contributed by atoms with van der Waals surface area (Å²) in [5, 5.41) is 16.1. The van der Waals surface area contributed by atoms with Crippen LogP contribution in [0.1, 0.15) is 31.4 Å². The quantitative estimate of drug-likeness (QED) is 0.454. The molecule has 9 heteroatoms. The van der Waals surface area contributed by atoms with Crippen molar-refractivity contribution in [2.24, 2.45) is 12.8 Å². The molecule has 1 aromatic carbocycles. The second kappa shape index (κ2) is 6.91. The van der Waals surface area contributed by atoms with Crippen molar-refractivity contribution in [3.63, 3.8) is 0 Å². The lowest BCUT2D eigenvalue weighted by Gasteiger charge is -2.39. The van der Waals surface area contributed by atoms with Gasteiger partial charge in [0.2, 0.25) is 0 Å². The van der Waals surface area contributed by atoms with Gasteiger partial charge in [-0.3, -0.25) is 4.68 Å². The maximum Gasteiger partial charge on any atom is 0.159 e. The van der Waals surface area contributed by atoms with Gasteiger partial charge in [-0.05, 0) is 31.7 Å². The Hall–Kier alpha value is -2.68. The average molecular weight is 438 g/mol. The number of piperidine rings is 1. The molecule has 0 aliphatic carbocycles. The number of rotatable bonds is 3. The van der Waals surface area contributed by atoms with Gasteiger partial charge in [0.15, 0.2) is 11.5 Å². The van der Waals surface area contributed by atoms with Gasteiger partial charge in [0.05, 0.1) is 17.1 Å². The molecule has 4 aromatic rings. The fourth-order valence-corrected chi connectivity index (χ4v) is 5.74. The number of nitrogens with zero attached hydrogens (tertiary/aromatic N) is 5. The molecule has 4 N–H and O–H groups in total. The summed E-state index contributed by atoms with van der Waals surface area (Å²) in [5.41, 5.74) is 10.8. The fraction of sp³-hybridized carbons (Fsp3) is 0.409. The SMILES string of the molecule is Cn1cc2c(Cl)c(-c3c[nH]c4nc(N5C6CCC5CC(N)C6)c(CO)nc34)ccc2n1. The Morgan fingerprint density at radius 1 is 1.19 bits per heavy atom. The molecular weight excluding hydrogens is 414 g/mol. The second-order valence-electron chi connectivity index (χ2n) is 8.74. The number of hydrogen-bond acceptors (Lipinski definition) is 6. The highest BCUT2D eigenvalue weighted by molar-refractivity contribution is 6.38. The van der Waals surface area contributed by atoms with Gasteiger partial charge in [-0.2, -0.15) is 5.10 Å². The average Bonchev–Trinajstić information content (AvgIpc) is 3.41. The van der Waals surface area contributed by atoms with Gasteiger partial charge in [0, 0.05) is 54.1 Å². The molecule has 2 aliphatic rings. The molecule has 0 spiro atoms. The van der Waals surface area contributed by atoms with Crippen LogP contribution in [0.3, 0.4) is 0 Å². The summed E-state index contributed by atoms with van der Waals surface area (Å²) < 4.78 is 1.75. The number of aliphatic hydroxyl groups is 1. The Morgan fingerprint density at radius 2 is 1.97 bits per heavy atom. The maximum absolute atomic E-state index is 10.1. The third-order valence-electron chi connectivity index (χ3n) is 6.75. The number of benzene rings is 1. The maximum atomic E-state index is 10.1. The number of fused-ring (bicyclic) bond motifs is 4. The lowest BCUT2D eigenvalue weighted by molar-refractivity contribution is 0.276. The summed E-state index contributed by atoms with van der Waals surface area (Å²) >= 11 is 6.75. The first-order chi connectivity index (χ1) is 15.0. The van der Waals surface area contributed by atoms with Crippen LogP contribution in [0.25, 0.3) is 33.2 Å². The molecule has 3 aromatic heterocycles. The summed E-state index contributed by atoms with van der Waals surface area (Å²) in [5.74, 6) is 0.775. The van der Waals surface area contributed by atoms with Crippen molar-refractivity contribution in [2.75, 3.05) is 4.90 Å². The van der Waals surface area contributed by atoms with E-state index in [1.54, 1.807) is 4.68 Å². The zero-order valence-corrected chi connectivity index (χ0v) is 18.0. The van der Waals surface area contributed by atoms with Crippen LogP contribution in [-0.4, -0.2) is 48.0 Å². The van der Waals surface area contributed by atoms with Crippen molar-refractivity contribution in [3.8, 4) is 11.1 Å². The van der Waals surface area contributed by atoms with Gasteiger partial charge >= 0.3 is 0 Å². The Labute approximate surface area is 184 Å². The molecular formula is C22H24ClN7O. The van der Waals surface area contributed by atoms with E-state index in [4.69, 9.17) is 27.3 Å². The van der Waals surface area contributed by atoms with Crippen LogP contribution < -0.4 is 10.6 Å². The van der Waals surface area contributed by atoms with Gasteiger partial charge in [0.25, 0.3) is 0 Å². The van der Waals surface area contributed by atoms with Crippen molar-refractivity contribution >= 4 is 39.5 Å². The summed E-state index contributed by atoms with van der Waals surface area (Å²) in [4.78, 5) is 15.4. The minimum Gasteiger partial charge on any atom is -0.390 e. The molecule has 160 valence electrons. The van der Waals surface area contributed by atoms with Crippen LogP contribution in [0.2, 0.25) is 5.02 Å². The van der Waals surface area contributed by atoms with Crippen molar-refractivity contribution in [1.82, 2.24) is 24.7 Å². The number of aromatic amines is 1. The van der Waals surface area contributed by atoms with Crippen LogP contribution in [-0.2, 0) is 13.7 Å². The van der Waals surface area contributed by atoms with Crippen LogP contribution >= 0.6 is 11.6 Å². The minimum atomic E-state index is -0.166. The van der Waals surface area contributed by atoms with E-state index in [1.165, 1.54) is 0 Å². The standard InChI is InChI=1S/C22H24ClN7O/c1-29-9-16-17(28-29)5-4-14(19(16)23)15-8-25-21-20(15)26-18(10-31)22(27-21)30-12-2-3-13(30)7-11(24)6-12/h4-5,8-9,11-13,31H,2-3,6-7,10,24H2,1H3,(H,25,27). The van der Waals surface area contributed by atoms with Crippen molar-refractivity contribution in [3.05, 3.63) is 35.2 Å². The summed E-state index contributed by atoms with van der Waals surface area (Å²) in [6.07, 6.45) is 7.93. The van der Waals surface area contributed by atoms with Crippen LogP contribution in [0, 0.1) is 0 Å². The topological polar surface area (TPSA) is 109 Å². The molecule has 6 rings (SSSR count). The van der Waals surface area contributed by atoms with Crippen LogP contribution in [0.15, 0.2) is 24.5 Å². The predicted octanol–water partition coefficient (Wildman–Crippen LogP) is 3.12. The molecule has 0 radical (unpaired) electrons. The molecule has 0 saturated carbocycles. The van der Waals surface area contributed by atoms with Crippen LogP contribution in [0.4, 0.5) is 5.82 Å². The normalized spacial score (nSPS) is 23.4. The smallest absolute Gasteiger partial charge is 0.159 e. The van der Waals surface area contributed by atoms with E-state index in [1.807, 2.05) is 31.6 Å². The number of nitrogens with two attached hydrogens (primary N) is 1. The minimum absolute atomic E-state index is 0.166. The molecule has 8 nitrogen and oxygen atoms in total. The summed E-state index contributed by atoms with van der Waals surface area (Å²) in [6, 6.07) is 4.88. The fourth-order valence-electron chi connectivity index (χ4n) is 5.43. The van der Waals surface area contributed by atoms with E-state index < -0.39 is 0 Å². The van der Waals surface area contributed by atoms with Gasteiger partial charge < -0.3 is 20.7 Å². The van der Waals surface area contributed by atoms with E-state index in [2.05, 4.69) is 15.0 Å². The number of nitrogens with one attached hydrogen (secondary N) is 1. The third kappa shape index (κ3) is 2.86. The molecule has 2 aliphatic heterocycles. The molecule has 5 heterocycles. The third-order valence-corrected chi connectivity index (χ3v) is 7.15. The van der Waals surface area contributed by atoms with E-state index >= 15 is 0 Å². The van der Waals surface area contributed by atoms with E-state index in [-0.39, 0.29) is 12.6 Å². The molecule has 2 bridgehead atoms. The molecule has 2 fully saturated rings. The first-order valence-electron chi connectivity index (χ1n) is 10.7. The molecule has 2 atom stereocenters. The first-order valence-corrected chi connectivity index (χ1v) is 11.1. The number of halogens is 1. The number of H-pyrrole nitrogens is 1. The second-order valence-corrected chi connectivity index (χ2v) is 9.12. The van der Waals surface area contributed by atoms with E-state index in [0.29, 0.717) is 34.0 Å². The highest BCUT2D eigenvalue weighted by Crippen LogP contribution is 2.41. The van der Waals surface area contributed by atoms with E-state index in [0.717, 1.165) is 53.5 Å². The zero-order chi connectivity index (χ0) is 21.3. The largest absolute Gasteiger partial charge is 0.390 e. The molecule has 0 amide bonds. The van der Waals surface area contributed by atoms with Crippen molar-refractivity contribution in [1.29, 1.82) is 0 Å². The molecule has 2 unspecified atom stereocenters. The Morgan fingerprint density at radius 3 is 2.71 bits per heavy atom. The molecule has 31 heavy (non-hydrogen) atoms. The predicted molar refractivity (Wildman–Crippen MR) is 121 cm³/mol. The first kappa shape index (κ1) is 19.0. The Bertz CT molecular complexity index is 1300. The van der Waals surface area contributed by atoms with Gasteiger partial charge in [-0.1, -0.05) is 17.7 Å². The zero-order valence-electron chi connectivity index (χ0n) is 17.2. The van der Waals surface area contributed by atoms with Gasteiger partial charge in [0.1, 0.15) is 11.2 Å². The lowest BCUT2D eigenvalue weighted by atomic mass is 9.98. The number of aliphatic hydroxyl groups excluding tert-OH is 1. The number of aryl methyl sites for hydroxylation is 1. The number of hydrogen-bond donors (Lipinski definition) is 3. The van der Waals surface area contributed by atoms with Gasteiger partial charge in [-0.15, -0.1) is 0 Å². The monoisotopic (exact) mass is 437 g/mol. The number of aromatic nitrogens is 5. The lowest BCUT2D eigenvalue weighted by Crippen LogP contribution is -2.48. The van der Waals surface area contributed by atoms with Crippen LogP contribution in [0.5, 0.6) is 0 Å². The number of anilines is 1. The van der Waals surface area contributed by atoms with Crippen molar-refractivity contribution in [2.45, 2.75) is 50.4 Å². The highest BCUT2D eigenvalue weighted by atomic mass is 35.5. The van der Waals surface area contributed by atoms with Gasteiger partial charge in [-0.25, -0.2) is 9.97 Å². The summed E-state index contributed by atoms with van der Waals surface area (Å²) in [6.45, 7) is -0.166. The van der Waals surface area contributed by atoms with Crippen molar-refractivity contribution < 1.29 is 5.11 Å². The Kier molecular flexibility index (Phi) is 4.25. The highest BCUT2D eigenvalue weighted by Gasteiger charge is 2.41. The van der Waals surface area contributed by atoms with E-state index in [9.17, 15) is 5.11 Å². The Balaban J connectivity index is 1.49. The summed E-state index contributed by atoms with van der Waals surface area (Å²) in [7, 11) is 1.88. The molecule has 2 saturated heterocycles.